The van der Waals surface area contributed by atoms with Crippen molar-refractivity contribution in [1.29, 1.82) is 0 Å². The number of thiazole rings is 1. The maximum Gasteiger partial charge on any atom is 0.232 e. The molecular formula is C14H13N3O2S. The number of carbonyl (C=O) groups is 1. The van der Waals surface area contributed by atoms with E-state index in [1.807, 2.05) is 38.1 Å². The smallest absolute Gasteiger partial charge is 0.232 e. The van der Waals surface area contributed by atoms with E-state index in [9.17, 15) is 4.79 Å². The Bertz CT molecular complexity index is 756. The van der Waals surface area contributed by atoms with Gasteiger partial charge in [-0.1, -0.05) is 17.3 Å². The summed E-state index contributed by atoms with van der Waals surface area (Å²) in [7, 11) is 0. The Morgan fingerprint density at radius 2 is 2.15 bits per heavy atom. The van der Waals surface area contributed by atoms with Crippen molar-refractivity contribution in [3.63, 3.8) is 0 Å². The molecular weight excluding hydrogens is 274 g/mol. The van der Waals surface area contributed by atoms with Crippen LogP contribution in [0, 0.1) is 13.8 Å². The molecule has 6 heteroatoms. The first-order chi connectivity index (χ1) is 9.63. The molecule has 0 fully saturated rings. The van der Waals surface area contributed by atoms with Crippen LogP contribution in [0.25, 0.3) is 11.0 Å². The number of nitrogens with one attached hydrogen (secondary N) is 1. The first-order valence-corrected chi connectivity index (χ1v) is 7.02. The van der Waals surface area contributed by atoms with Gasteiger partial charge in [0.1, 0.15) is 5.69 Å². The van der Waals surface area contributed by atoms with Gasteiger partial charge in [-0.05, 0) is 26.0 Å². The Kier molecular flexibility index (Phi) is 3.23. The van der Waals surface area contributed by atoms with Crippen LogP contribution in [0.15, 0.2) is 28.8 Å². The fraction of sp³-hybridized carbons (Fsp3) is 0.214. The van der Waals surface area contributed by atoms with E-state index in [2.05, 4.69) is 15.5 Å². The van der Waals surface area contributed by atoms with Gasteiger partial charge >= 0.3 is 0 Å². The number of anilines is 1. The van der Waals surface area contributed by atoms with Gasteiger partial charge in [-0.25, -0.2) is 4.98 Å². The fourth-order valence-corrected chi connectivity index (χ4v) is 2.74. The molecule has 3 rings (SSSR count). The Morgan fingerprint density at radius 3 is 2.90 bits per heavy atom. The highest BCUT2D eigenvalue weighted by molar-refractivity contribution is 7.15. The summed E-state index contributed by atoms with van der Waals surface area (Å²) in [5.74, 6) is -0.141. The van der Waals surface area contributed by atoms with E-state index in [1.54, 1.807) is 0 Å². The summed E-state index contributed by atoms with van der Waals surface area (Å²) >= 11 is 1.47. The lowest BCUT2D eigenvalue weighted by atomic mass is 10.2. The molecule has 0 saturated heterocycles. The van der Waals surface area contributed by atoms with Gasteiger partial charge in [0.2, 0.25) is 5.91 Å². The number of amides is 1. The van der Waals surface area contributed by atoms with Crippen molar-refractivity contribution in [2.75, 3.05) is 5.32 Å². The number of aryl methyl sites for hydroxylation is 2. The quantitative estimate of drug-likeness (QED) is 0.803. The number of hydrogen-bond donors (Lipinski definition) is 1. The van der Waals surface area contributed by atoms with Crippen LogP contribution in [0.3, 0.4) is 0 Å². The third-order valence-electron chi connectivity index (χ3n) is 3.06. The molecule has 1 N–H and O–H groups in total. The van der Waals surface area contributed by atoms with Crippen LogP contribution in [0.4, 0.5) is 5.13 Å². The van der Waals surface area contributed by atoms with Gasteiger partial charge in [0, 0.05) is 10.3 Å². The molecule has 3 aromatic rings. The summed E-state index contributed by atoms with van der Waals surface area (Å²) < 4.78 is 5.18. The van der Waals surface area contributed by atoms with E-state index in [0.29, 0.717) is 16.4 Å². The number of nitrogens with zero attached hydrogens (tertiary/aromatic N) is 2. The molecule has 0 radical (unpaired) electrons. The minimum absolute atomic E-state index is 0.141. The summed E-state index contributed by atoms with van der Waals surface area (Å²) in [5, 5.41) is 8.23. The third kappa shape index (κ3) is 2.42. The van der Waals surface area contributed by atoms with E-state index in [-0.39, 0.29) is 12.3 Å². The predicted molar refractivity (Wildman–Crippen MR) is 77.9 cm³/mol. The second-order valence-electron chi connectivity index (χ2n) is 4.51. The van der Waals surface area contributed by atoms with Gasteiger partial charge in [0.05, 0.1) is 12.1 Å². The number of hydrogen-bond acceptors (Lipinski definition) is 5. The van der Waals surface area contributed by atoms with E-state index in [0.717, 1.165) is 16.0 Å². The molecule has 2 aromatic heterocycles. The number of fused-ring (bicyclic) bond motifs is 1. The van der Waals surface area contributed by atoms with Gasteiger partial charge in [-0.2, -0.15) is 0 Å². The first kappa shape index (κ1) is 12.8. The van der Waals surface area contributed by atoms with E-state index in [4.69, 9.17) is 4.52 Å². The van der Waals surface area contributed by atoms with Crippen LogP contribution in [0.2, 0.25) is 0 Å². The molecule has 0 aliphatic heterocycles. The Hall–Kier alpha value is -2.21. The second-order valence-corrected chi connectivity index (χ2v) is 5.71. The topological polar surface area (TPSA) is 68.0 Å². The van der Waals surface area contributed by atoms with Crippen LogP contribution >= 0.6 is 11.3 Å². The molecule has 1 amide bonds. The zero-order chi connectivity index (χ0) is 14.1. The van der Waals surface area contributed by atoms with Crippen molar-refractivity contribution >= 4 is 33.3 Å². The van der Waals surface area contributed by atoms with Crippen LogP contribution in [0.1, 0.15) is 16.3 Å². The lowest BCUT2D eigenvalue weighted by Crippen LogP contribution is -2.14. The summed E-state index contributed by atoms with van der Waals surface area (Å²) in [5.41, 5.74) is 2.27. The highest BCUT2D eigenvalue weighted by atomic mass is 32.1. The number of carbonyl (C=O) groups excluding carboxylic acids is 1. The van der Waals surface area contributed by atoms with Crippen molar-refractivity contribution < 1.29 is 9.32 Å². The van der Waals surface area contributed by atoms with Crippen molar-refractivity contribution in [2.45, 2.75) is 20.3 Å². The minimum atomic E-state index is -0.141. The van der Waals surface area contributed by atoms with E-state index >= 15 is 0 Å². The molecule has 0 unspecified atom stereocenters. The number of aromatic nitrogens is 2. The Labute approximate surface area is 119 Å². The van der Waals surface area contributed by atoms with Gasteiger partial charge in [-0.15, -0.1) is 11.3 Å². The maximum atomic E-state index is 12.0. The Balaban J connectivity index is 1.76. The van der Waals surface area contributed by atoms with Crippen LogP contribution in [-0.4, -0.2) is 16.0 Å². The van der Waals surface area contributed by atoms with Crippen LogP contribution in [0.5, 0.6) is 0 Å². The standard InChI is InChI=1S/C14H13N3O2S/c1-8-9(2)20-14(15-8)16-13(18)7-11-10-5-3-4-6-12(10)19-17-11/h3-6H,7H2,1-2H3,(H,15,16,18). The summed E-state index contributed by atoms with van der Waals surface area (Å²) in [6.07, 6.45) is 0.175. The maximum absolute atomic E-state index is 12.0. The number of rotatable bonds is 3. The largest absolute Gasteiger partial charge is 0.356 e. The summed E-state index contributed by atoms with van der Waals surface area (Å²) in [6.45, 7) is 3.90. The highest BCUT2D eigenvalue weighted by Crippen LogP contribution is 2.22. The molecule has 0 saturated carbocycles. The van der Waals surface area contributed by atoms with Crippen LogP contribution < -0.4 is 5.32 Å². The molecule has 0 atom stereocenters. The molecule has 0 aliphatic rings. The zero-order valence-electron chi connectivity index (χ0n) is 11.1. The van der Waals surface area contributed by atoms with Gasteiger partial charge < -0.3 is 9.84 Å². The zero-order valence-corrected chi connectivity index (χ0v) is 12.0. The fourth-order valence-electron chi connectivity index (χ4n) is 1.91. The first-order valence-electron chi connectivity index (χ1n) is 6.20. The monoisotopic (exact) mass is 287 g/mol. The van der Waals surface area contributed by atoms with E-state index < -0.39 is 0 Å². The molecule has 0 aliphatic carbocycles. The predicted octanol–water partition coefficient (Wildman–Crippen LogP) is 3.08. The SMILES string of the molecule is Cc1nc(NC(=O)Cc2noc3ccccc23)sc1C. The molecule has 102 valence electrons. The van der Waals surface area contributed by atoms with Gasteiger partial charge in [0.25, 0.3) is 0 Å². The number of para-hydroxylation sites is 1. The van der Waals surface area contributed by atoms with Crippen molar-refractivity contribution in [1.82, 2.24) is 10.1 Å². The molecule has 5 nitrogen and oxygen atoms in total. The average molecular weight is 287 g/mol. The minimum Gasteiger partial charge on any atom is -0.356 e. The van der Waals surface area contributed by atoms with Crippen molar-refractivity contribution in [2.24, 2.45) is 0 Å². The second kappa shape index (κ2) is 5.05. The lowest BCUT2D eigenvalue weighted by molar-refractivity contribution is -0.115. The van der Waals surface area contributed by atoms with Crippen molar-refractivity contribution in [3.8, 4) is 0 Å². The van der Waals surface area contributed by atoms with E-state index in [1.165, 1.54) is 11.3 Å². The van der Waals surface area contributed by atoms with Gasteiger partial charge in [-0.3, -0.25) is 4.79 Å². The normalized spacial score (nSPS) is 10.9. The summed E-state index contributed by atoms with van der Waals surface area (Å²) in [6, 6.07) is 7.50. The molecule has 20 heavy (non-hydrogen) atoms. The van der Waals surface area contributed by atoms with Crippen molar-refractivity contribution in [3.05, 3.63) is 40.5 Å². The third-order valence-corrected chi connectivity index (χ3v) is 4.04. The highest BCUT2D eigenvalue weighted by Gasteiger charge is 2.13. The Morgan fingerprint density at radius 1 is 1.35 bits per heavy atom. The molecule has 1 aromatic carbocycles. The molecule has 0 spiro atoms. The average Bonchev–Trinajstić information content (AvgIpc) is 2.95. The number of benzene rings is 1. The molecule has 0 bridgehead atoms. The molecule has 2 heterocycles. The van der Waals surface area contributed by atoms with Crippen LogP contribution in [-0.2, 0) is 11.2 Å². The van der Waals surface area contributed by atoms with Gasteiger partial charge in [0.15, 0.2) is 10.7 Å². The lowest BCUT2D eigenvalue weighted by Gasteiger charge is -1.99. The summed E-state index contributed by atoms with van der Waals surface area (Å²) in [4.78, 5) is 17.4.